The van der Waals surface area contributed by atoms with Crippen LogP contribution in [0.3, 0.4) is 0 Å². The number of likely N-dealkylation sites (tertiary alicyclic amines) is 1. The molecule has 0 aromatic heterocycles. The van der Waals surface area contributed by atoms with Gasteiger partial charge in [-0.2, -0.15) is 5.26 Å². The van der Waals surface area contributed by atoms with E-state index >= 15 is 0 Å². The molecule has 1 aliphatic rings. The molecule has 0 spiro atoms. The van der Waals surface area contributed by atoms with E-state index in [9.17, 15) is 5.26 Å². The second-order valence-electron chi connectivity index (χ2n) is 6.15. The highest BCUT2D eigenvalue weighted by Gasteiger charge is 2.26. The summed E-state index contributed by atoms with van der Waals surface area (Å²) in [6, 6.07) is 2.40. The fourth-order valence-electron chi connectivity index (χ4n) is 2.82. The normalized spacial score (nSPS) is 27.9. The first-order chi connectivity index (χ1) is 8.50. The summed E-state index contributed by atoms with van der Waals surface area (Å²) in [5.74, 6) is 1.69. The minimum absolute atomic E-state index is 0.333. The molecule has 0 aromatic rings. The monoisotopic (exact) mass is 251 g/mol. The van der Waals surface area contributed by atoms with Crippen LogP contribution in [0.2, 0.25) is 0 Å². The van der Waals surface area contributed by atoms with Crippen molar-refractivity contribution in [2.24, 2.45) is 11.8 Å². The van der Waals surface area contributed by atoms with Gasteiger partial charge in [0.25, 0.3) is 0 Å². The Balaban J connectivity index is 2.17. The zero-order valence-corrected chi connectivity index (χ0v) is 12.5. The van der Waals surface area contributed by atoms with Crippen molar-refractivity contribution in [1.82, 2.24) is 10.2 Å². The predicted octanol–water partition coefficient (Wildman–Crippen LogP) is 2.64. The molecule has 0 amide bonds. The van der Waals surface area contributed by atoms with Crippen molar-refractivity contribution in [1.29, 1.82) is 5.26 Å². The van der Waals surface area contributed by atoms with Gasteiger partial charge in [0, 0.05) is 13.1 Å². The molecule has 3 atom stereocenters. The van der Waals surface area contributed by atoms with Gasteiger partial charge in [0.05, 0.1) is 6.07 Å². The van der Waals surface area contributed by atoms with Crippen molar-refractivity contribution in [2.75, 3.05) is 26.2 Å². The first-order valence-electron chi connectivity index (χ1n) is 7.39. The lowest BCUT2D eigenvalue weighted by Gasteiger charge is -2.23. The Labute approximate surface area is 113 Å². The molecule has 1 N–H and O–H groups in total. The molecule has 18 heavy (non-hydrogen) atoms. The Kier molecular flexibility index (Phi) is 6.11. The van der Waals surface area contributed by atoms with Gasteiger partial charge in [-0.1, -0.05) is 20.8 Å². The Morgan fingerprint density at radius 2 is 1.89 bits per heavy atom. The van der Waals surface area contributed by atoms with Crippen molar-refractivity contribution in [3.05, 3.63) is 0 Å². The zero-order valence-electron chi connectivity index (χ0n) is 12.5. The van der Waals surface area contributed by atoms with E-state index in [1.807, 2.05) is 6.92 Å². The molecule has 3 heteroatoms. The molecule has 3 nitrogen and oxygen atoms in total. The molecule has 0 bridgehead atoms. The molecule has 1 saturated heterocycles. The molecular weight excluding hydrogens is 222 g/mol. The molecule has 0 saturated carbocycles. The molecule has 1 aliphatic heterocycles. The van der Waals surface area contributed by atoms with Gasteiger partial charge in [-0.3, -0.25) is 5.32 Å². The molecular formula is C15H29N3. The van der Waals surface area contributed by atoms with Gasteiger partial charge in [-0.25, -0.2) is 0 Å². The Morgan fingerprint density at radius 3 is 2.39 bits per heavy atom. The number of nitrogens with one attached hydrogen (secondary N) is 1. The maximum absolute atomic E-state index is 9.17. The predicted molar refractivity (Wildman–Crippen MR) is 76.3 cm³/mol. The Bertz CT molecular complexity index is 274. The molecule has 1 rings (SSSR count). The smallest absolute Gasteiger partial charge is 0.103 e. The first-order valence-corrected chi connectivity index (χ1v) is 7.39. The van der Waals surface area contributed by atoms with Gasteiger partial charge < -0.3 is 4.90 Å². The second kappa shape index (κ2) is 7.11. The van der Waals surface area contributed by atoms with Gasteiger partial charge in [-0.15, -0.1) is 0 Å². The summed E-state index contributed by atoms with van der Waals surface area (Å²) in [6.07, 6.45) is 3.30. The lowest BCUT2D eigenvalue weighted by molar-refractivity contribution is 0.306. The highest BCUT2D eigenvalue weighted by molar-refractivity contribution is 5.03. The fourth-order valence-corrected chi connectivity index (χ4v) is 2.82. The number of rotatable bonds is 7. The number of hydrogen-bond donors (Lipinski definition) is 1. The van der Waals surface area contributed by atoms with Crippen molar-refractivity contribution >= 4 is 0 Å². The SMILES string of the molecule is CCNC(C)(C#N)CCCCN1CC(C)C(C)C1. The Hall–Kier alpha value is -0.590. The van der Waals surface area contributed by atoms with Crippen molar-refractivity contribution < 1.29 is 0 Å². The minimum atomic E-state index is -0.333. The van der Waals surface area contributed by atoms with Crippen LogP contribution in [-0.4, -0.2) is 36.6 Å². The van der Waals surface area contributed by atoms with E-state index in [0.717, 1.165) is 31.2 Å². The minimum Gasteiger partial charge on any atom is -0.303 e. The molecule has 1 heterocycles. The van der Waals surface area contributed by atoms with Gasteiger partial charge >= 0.3 is 0 Å². The van der Waals surface area contributed by atoms with Crippen LogP contribution in [0.1, 0.15) is 47.0 Å². The number of unbranched alkanes of at least 4 members (excludes halogenated alkanes) is 1. The third kappa shape index (κ3) is 4.59. The van der Waals surface area contributed by atoms with E-state index in [1.54, 1.807) is 0 Å². The average molecular weight is 251 g/mol. The van der Waals surface area contributed by atoms with Gasteiger partial charge in [0.1, 0.15) is 5.54 Å². The van der Waals surface area contributed by atoms with Crippen molar-refractivity contribution in [3.8, 4) is 6.07 Å². The van der Waals surface area contributed by atoms with Gasteiger partial charge in [-0.05, 0) is 51.1 Å². The third-order valence-electron chi connectivity index (χ3n) is 4.28. The molecule has 1 fully saturated rings. The topological polar surface area (TPSA) is 39.1 Å². The van der Waals surface area contributed by atoms with E-state index in [4.69, 9.17) is 0 Å². The quantitative estimate of drug-likeness (QED) is 0.707. The third-order valence-corrected chi connectivity index (χ3v) is 4.28. The lowest BCUT2D eigenvalue weighted by Crippen LogP contribution is -2.40. The van der Waals surface area contributed by atoms with Crippen LogP contribution in [0.15, 0.2) is 0 Å². The largest absolute Gasteiger partial charge is 0.303 e. The van der Waals surface area contributed by atoms with Crippen LogP contribution in [-0.2, 0) is 0 Å². The van der Waals surface area contributed by atoms with E-state index in [1.165, 1.54) is 26.1 Å². The Morgan fingerprint density at radius 1 is 1.28 bits per heavy atom. The van der Waals surface area contributed by atoms with Gasteiger partial charge in [0.15, 0.2) is 0 Å². The van der Waals surface area contributed by atoms with Crippen LogP contribution in [0.4, 0.5) is 0 Å². The molecule has 0 radical (unpaired) electrons. The van der Waals surface area contributed by atoms with E-state index < -0.39 is 0 Å². The van der Waals surface area contributed by atoms with Crippen LogP contribution in [0.25, 0.3) is 0 Å². The van der Waals surface area contributed by atoms with Crippen LogP contribution in [0.5, 0.6) is 0 Å². The highest BCUT2D eigenvalue weighted by atomic mass is 15.1. The van der Waals surface area contributed by atoms with Crippen LogP contribution in [0, 0.1) is 23.2 Å². The van der Waals surface area contributed by atoms with Crippen molar-refractivity contribution in [3.63, 3.8) is 0 Å². The number of nitrogens with zero attached hydrogens (tertiary/aromatic N) is 2. The van der Waals surface area contributed by atoms with Crippen LogP contribution >= 0.6 is 0 Å². The molecule has 104 valence electrons. The molecule has 3 unspecified atom stereocenters. The summed E-state index contributed by atoms with van der Waals surface area (Å²) >= 11 is 0. The first kappa shape index (κ1) is 15.5. The standard InChI is InChI=1S/C15H29N3/c1-5-17-15(4,12-16)8-6-7-9-18-10-13(2)14(3)11-18/h13-14,17H,5-11H2,1-4H3. The highest BCUT2D eigenvalue weighted by Crippen LogP contribution is 2.22. The average Bonchev–Trinajstić information content (AvgIpc) is 2.65. The maximum atomic E-state index is 9.17. The summed E-state index contributed by atoms with van der Waals surface area (Å²) in [5, 5.41) is 12.5. The number of nitriles is 1. The van der Waals surface area contributed by atoms with Gasteiger partial charge in [0.2, 0.25) is 0 Å². The second-order valence-corrected chi connectivity index (χ2v) is 6.15. The van der Waals surface area contributed by atoms with E-state index in [2.05, 4.69) is 37.1 Å². The summed E-state index contributed by atoms with van der Waals surface area (Å²) in [4.78, 5) is 2.58. The van der Waals surface area contributed by atoms with Crippen LogP contribution < -0.4 is 5.32 Å². The summed E-state index contributed by atoms with van der Waals surface area (Å²) in [6.45, 7) is 13.3. The zero-order chi connectivity index (χ0) is 13.6. The maximum Gasteiger partial charge on any atom is 0.103 e. The molecule has 0 aliphatic carbocycles. The summed E-state index contributed by atoms with van der Waals surface area (Å²) < 4.78 is 0. The lowest BCUT2D eigenvalue weighted by atomic mass is 9.96. The fraction of sp³-hybridized carbons (Fsp3) is 0.933. The van der Waals surface area contributed by atoms with E-state index in [-0.39, 0.29) is 5.54 Å². The van der Waals surface area contributed by atoms with E-state index in [0.29, 0.717) is 0 Å². The van der Waals surface area contributed by atoms with Crippen molar-refractivity contribution in [2.45, 2.75) is 52.5 Å². The summed E-state index contributed by atoms with van der Waals surface area (Å²) in [7, 11) is 0. The summed E-state index contributed by atoms with van der Waals surface area (Å²) in [5.41, 5.74) is -0.333. The molecule has 0 aromatic carbocycles. The number of hydrogen-bond acceptors (Lipinski definition) is 3.